The number of hydrogen-bond donors (Lipinski definition) is 0. The lowest BCUT2D eigenvalue weighted by Gasteiger charge is -2.02. The van der Waals surface area contributed by atoms with Crippen LogP contribution in [0.2, 0.25) is 0 Å². The lowest BCUT2D eigenvalue weighted by atomic mass is 10.3. The Bertz CT molecular complexity index is 301. The minimum atomic E-state index is 0.708. The Morgan fingerprint density at radius 3 is 2.67 bits per heavy atom. The average Bonchev–Trinajstić information content (AvgIpc) is 2.29. The molecule has 1 aromatic rings. The highest BCUT2D eigenvalue weighted by Gasteiger charge is 2.00. The summed E-state index contributed by atoms with van der Waals surface area (Å²) >= 11 is 0. The van der Waals surface area contributed by atoms with Crippen molar-refractivity contribution in [2.45, 2.75) is 13.3 Å². The fourth-order valence-electron chi connectivity index (χ4n) is 0.882. The molecule has 4 heteroatoms. The van der Waals surface area contributed by atoms with Crippen molar-refractivity contribution < 1.29 is 4.74 Å². The molecule has 0 unspecified atom stereocenters. The highest BCUT2D eigenvalue weighted by molar-refractivity contribution is 8.82. The molecule has 0 atom stereocenters. The normalized spacial score (nSPS) is 11.5. The molecule has 0 aliphatic heterocycles. The van der Waals surface area contributed by atoms with Crippen molar-refractivity contribution in [1.82, 2.24) is 0 Å². The second kappa shape index (κ2) is 7.65. The molecule has 0 aromatic heterocycles. The van der Waals surface area contributed by atoms with Gasteiger partial charge in [0.25, 0.3) is 5.23 Å². The summed E-state index contributed by atoms with van der Waals surface area (Å²) in [4.78, 5) is 4.39. The van der Waals surface area contributed by atoms with E-state index in [2.05, 4.69) is 11.9 Å². The van der Waals surface area contributed by atoms with Crippen molar-refractivity contribution in [2.75, 3.05) is 12.9 Å². The second-order valence-electron chi connectivity index (χ2n) is 2.82. The summed E-state index contributed by atoms with van der Waals surface area (Å²) in [7, 11) is 5.01. The van der Waals surface area contributed by atoms with E-state index in [9.17, 15) is 0 Å². The Kier molecular flexibility index (Phi) is 6.36. The van der Waals surface area contributed by atoms with Gasteiger partial charge in [-0.15, -0.1) is 0 Å². The number of hydrogen-bond acceptors (Lipinski definition) is 4. The number of methoxy groups -OCH3 is 1. The summed E-state index contributed by atoms with van der Waals surface area (Å²) in [6, 6.07) is 9.84. The molecular weight excluding hydrogens is 226 g/mol. The zero-order valence-corrected chi connectivity index (χ0v) is 10.6. The standard InChI is InChI=1S/C11H15NOS2/c1-3-9-14-15-11(13-2)12-10-7-5-4-6-8-10/h4-8H,3,9H2,1-2H3. The van der Waals surface area contributed by atoms with Gasteiger partial charge < -0.3 is 4.74 Å². The molecule has 2 nitrogen and oxygen atoms in total. The van der Waals surface area contributed by atoms with E-state index in [4.69, 9.17) is 4.74 Å². The highest BCUT2D eigenvalue weighted by Crippen LogP contribution is 2.26. The summed E-state index contributed by atoms with van der Waals surface area (Å²) in [5.74, 6) is 1.11. The monoisotopic (exact) mass is 241 g/mol. The first-order valence-electron chi connectivity index (χ1n) is 4.84. The Morgan fingerprint density at radius 2 is 2.07 bits per heavy atom. The van der Waals surface area contributed by atoms with Crippen LogP contribution in [-0.2, 0) is 4.74 Å². The summed E-state index contributed by atoms with van der Waals surface area (Å²) < 4.78 is 5.19. The van der Waals surface area contributed by atoms with Crippen molar-refractivity contribution in [2.24, 2.45) is 4.99 Å². The lowest BCUT2D eigenvalue weighted by Crippen LogP contribution is -1.92. The highest BCUT2D eigenvalue weighted by atomic mass is 33.1. The number of nitrogens with zero attached hydrogens (tertiary/aromatic N) is 1. The van der Waals surface area contributed by atoms with E-state index in [0.29, 0.717) is 5.23 Å². The third-order valence-electron chi connectivity index (χ3n) is 1.57. The third-order valence-corrected chi connectivity index (χ3v) is 3.94. The van der Waals surface area contributed by atoms with Crippen LogP contribution < -0.4 is 0 Å². The van der Waals surface area contributed by atoms with Crippen LogP contribution >= 0.6 is 21.6 Å². The van der Waals surface area contributed by atoms with E-state index in [1.165, 1.54) is 6.42 Å². The number of aliphatic imine (C=N–C) groups is 1. The quantitative estimate of drug-likeness (QED) is 0.343. The van der Waals surface area contributed by atoms with Crippen LogP contribution in [0.1, 0.15) is 13.3 Å². The van der Waals surface area contributed by atoms with Crippen LogP contribution in [-0.4, -0.2) is 18.1 Å². The van der Waals surface area contributed by atoms with Gasteiger partial charge in [-0.1, -0.05) is 35.9 Å². The fourth-order valence-corrected chi connectivity index (χ4v) is 2.81. The van der Waals surface area contributed by atoms with Crippen LogP contribution in [0.25, 0.3) is 0 Å². The van der Waals surface area contributed by atoms with Crippen LogP contribution in [0.3, 0.4) is 0 Å². The van der Waals surface area contributed by atoms with Gasteiger partial charge in [-0.2, -0.15) is 0 Å². The second-order valence-corrected chi connectivity index (χ2v) is 5.19. The van der Waals surface area contributed by atoms with Crippen LogP contribution in [0.5, 0.6) is 0 Å². The van der Waals surface area contributed by atoms with E-state index in [1.807, 2.05) is 30.3 Å². The molecule has 0 heterocycles. The molecule has 1 rings (SSSR count). The topological polar surface area (TPSA) is 21.6 Å². The zero-order chi connectivity index (χ0) is 10.9. The average molecular weight is 241 g/mol. The molecule has 0 aliphatic carbocycles. The SMILES string of the molecule is CCCSSC(=Nc1ccccc1)OC. The summed E-state index contributed by atoms with van der Waals surface area (Å²) in [6.07, 6.45) is 1.17. The van der Waals surface area contributed by atoms with Gasteiger partial charge in [-0.05, 0) is 18.6 Å². The Hall–Kier alpha value is -0.610. The predicted octanol–water partition coefficient (Wildman–Crippen LogP) is 4.11. The predicted molar refractivity (Wildman–Crippen MR) is 70.9 cm³/mol. The maximum Gasteiger partial charge on any atom is 0.261 e. The summed E-state index contributed by atoms with van der Waals surface area (Å²) in [5, 5.41) is 0.708. The fraction of sp³-hybridized carbons (Fsp3) is 0.364. The minimum absolute atomic E-state index is 0.708. The minimum Gasteiger partial charge on any atom is -0.476 e. The molecule has 0 N–H and O–H groups in total. The van der Waals surface area contributed by atoms with Gasteiger partial charge in [0, 0.05) is 16.5 Å². The maximum absolute atomic E-state index is 5.19. The Morgan fingerprint density at radius 1 is 1.33 bits per heavy atom. The Labute approximate surface area is 98.9 Å². The number of rotatable bonds is 4. The van der Waals surface area contributed by atoms with Gasteiger partial charge in [-0.3, -0.25) is 0 Å². The van der Waals surface area contributed by atoms with Gasteiger partial charge in [0.1, 0.15) is 0 Å². The van der Waals surface area contributed by atoms with Gasteiger partial charge in [-0.25, -0.2) is 4.99 Å². The first-order chi connectivity index (χ1) is 7.36. The molecule has 0 saturated heterocycles. The number of para-hydroxylation sites is 1. The molecule has 82 valence electrons. The lowest BCUT2D eigenvalue weighted by molar-refractivity contribution is 0.417. The van der Waals surface area contributed by atoms with Crippen molar-refractivity contribution in [3.63, 3.8) is 0 Å². The van der Waals surface area contributed by atoms with Crippen LogP contribution in [0, 0.1) is 0 Å². The molecule has 0 radical (unpaired) electrons. The molecule has 0 saturated carbocycles. The summed E-state index contributed by atoms with van der Waals surface area (Å²) in [6.45, 7) is 2.16. The Balaban J connectivity index is 2.54. The molecule has 0 bridgehead atoms. The van der Waals surface area contributed by atoms with Crippen molar-refractivity contribution in [3.8, 4) is 0 Å². The molecule has 0 aliphatic rings. The van der Waals surface area contributed by atoms with E-state index >= 15 is 0 Å². The maximum atomic E-state index is 5.19. The molecule has 0 fully saturated rings. The van der Waals surface area contributed by atoms with Gasteiger partial charge in [0.2, 0.25) is 0 Å². The smallest absolute Gasteiger partial charge is 0.261 e. The van der Waals surface area contributed by atoms with E-state index in [0.717, 1.165) is 11.4 Å². The molecule has 1 aromatic carbocycles. The first-order valence-corrected chi connectivity index (χ1v) is 7.16. The van der Waals surface area contributed by atoms with E-state index in [-0.39, 0.29) is 0 Å². The van der Waals surface area contributed by atoms with Crippen molar-refractivity contribution in [3.05, 3.63) is 30.3 Å². The van der Waals surface area contributed by atoms with Gasteiger partial charge in [0.05, 0.1) is 12.8 Å². The van der Waals surface area contributed by atoms with Crippen LogP contribution in [0.15, 0.2) is 35.3 Å². The first kappa shape index (κ1) is 12.5. The number of benzene rings is 1. The molecule has 0 spiro atoms. The third kappa shape index (κ3) is 5.14. The molecular formula is C11H15NOS2. The van der Waals surface area contributed by atoms with Crippen LogP contribution in [0.4, 0.5) is 5.69 Å². The summed E-state index contributed by atoms with van der Waals surface area (Å²) in [5.41, 5.74) is 0.930. The zero-order valence-electron chi connectivity index (χ0n) is 8.97. The van der Waals surface area contributed by atoms with Crippen molar-refractivity contribution in [1.29, 1.82) is 0 Å². The van der Waals surface area contributed by atoms with E-state index in [1.54, 1.807) is 28.7 Å². The molecule has 15 heavy (non-hydrogen) atoms. The van der Waals surface area contributed by atoms with E-state index < -0.39 is 0 Å². The van der Waals surface area contributed by atoms with Gasteiger partial charge >= 0.3 is 0 Å². The van der Waals surface area contributed by atoms with Crippen molar-refractivity contribution >= 4 is 32.5 Å². The molecule has 0 amide bonds. The van der Waals surface area contributed by atoms with Gasteiger partial charge in [0.15, 0.2) is 0 Å². The largest absolute Gasteiger partial charge is 0.476 e. The number of ether oxygens (including phenoxy) is 1.